The molecule has 7 heteroatoms. The van der Waals surface area contributed by atoms with Crippen LogP contribution >= 0.6 is 38.5 Å². The third-order valence-electron chi connectivity index (χ3n) is 2.16. The van der Waals surface area contributed by atoms with Crippen LogP contribution in [0.1, 0.15) is 10.4 Å². The van der Waals surface area contributed by atoms with Gasteiger partial charge in [-0.05, 0) is 40.8 Å². The molecule has 1 amide bonds. The highest BCUT2D eigenvalue weighted by atomic mass is 127. The van der Waals surface area contributed by atoms with Crippen molar-refractivity contribution < 1.29 is 18.0 Å². The fraction of sp³-hybridized carbons (Fsp3) is 0.364. The number of carbonyl (C=O) groups is 1. The summed E-state index contributed by atoms with van der Waals surface area (Å²) < 4.78 is 38.1. The molecule has 0 saturated heterocycles. The molecule has 1 aromatic rings. The summed E-state index contributed by atoms with van der Waals surface area (Å²) in [7, 11) is 0. The van der Waals surface area contributed by atoms with E-state index in [1.54, 1.807) is 0 Å². The van der Waals surface area contributed by atoms with Crippen LogP contribution in [0, 0.1) is 9.39 Å². The van der Waals surface area contributed by atoms with Crippen LogP contribution in [-0.2, 0) is 0 Å². The molecular formula is C11H10BrF3INO. The standard InChI is InChI=1S/C11H10BrF3INO/c12-3-4-17(6-10(14)15)11(18)8-2-1-7(13)5-9(8)16/h1-2,5,10H,3-4,6H2. The number of benzene rings is 1. The summed E-state index contributed by atoms with van der Waals surface area (Å²) in [6, 6.07) is 3.65. The quantitative estimate of drug-likeness (QED) is 0.511. The van der Waals surface area contributed by atoms with Crippen LogP contribution in [0.3, 0.4) is 0 Å². The first-order valence-electron chi connectivity index (χ1n) is 5.04. The van der Waals surface area contributed by atoms with E-state index in [0.29, 0.717) is 8.90 Å². The van der Waals surface area contributed by atoms with Gasteiger partial charge in [-0.3, -0.25) is 4.79 Å². The Morgan fingerprint density at radius 2 is 2.11 bits per heavy atom. The number of hydrogen-bond donors (Lipinski definition) is 0. The second kappa shape index (κ2) is 7.32. The Balaban J connectivity index is 2.94. The Morgan fingerprint density at radius 1 is 1.44 bits per heavy atom. The fourth-order valence-electron chi connectivity index (χ4n) is 1.38. The Hall–Kier alpha value is -0.310. The number of halogens is 5. The molecule has 1 aromatic carbocycles. The van der Waals surface area contributed by atoms with Crippen LogP contribution in [0.2, 0.25) is 0 Å². The maximum absolute atomic E-state index is 12.9. The molecule has 0 aliphatic carbocycles. The lowest BCUT2D eigenvalue weighted by Crippen LogP contribution is -2.37. The van der Waals surface area contributed by atoms with Gasteiger partial charge < -0.3 is 4.90 Å². The highest BCUT2D eigenvalue weighted by Gasteiger charge is 2.21. The van der Waals surface area contributed by atoms with Crippen molar-refractivity contribution in [1.82, 2.24) is 4.90 Å². The Kier molecular flexibility index (Phi) is 6.40. The molecule has 0 aliphatic rings. The van der Waals surface area contributed by atoms with E-state index in [1.165, 1.54) is 12.1 Å². The molecule has 0 aliphatic heterocycles. The zero-order chi connectivity index (χ0) is 13.7. The lowest BCUT2D eigenvalue weighted by molar-refractivity contribution is 0.0571. The first-order chi connectivity index (χ1) is 8.45. The van der Waals surface area contributed by atoms with E-state index >= 15 is 0 Å². The molecule has 2 nitrogen and oxygen atoms in total. The SMILES string of the molecule is O=C(c1ccc(F)cc1I)N(CCBr)CC(F)F. The highest BCUT2D eigenvalue weighted by Crippen LogP contribution is 2.17. The normalized spacial score (nSPS) is 10.8. The summed E-state index contributed by atoms with van der Waals surface area (Å²) in [6.07, 6.45) is -2.59. The first kappa shape index (κ1) is 15.7. The van der Waals surface area contributed by atoms with Gasteiger partial charge in [-0.15, -0.1) is 0 Å². The molecule has 100 valence electrons. The second-order valence-corrected chi connectivity index (χ2v) is 5.41. The third-order valence-corrected chi connectivity index (χ3v) is 3.41. The Morgan fingerprint density at radius 3 is 2.61 bits per heavy atom. The monoisotopic (exact) mass is 435 g/mol. The molecule has 0 fully saturated rings. The van der Waals surface area contributed by atoms with Gasteiger partial charge in [0.25, 0.3) is 12.3 Å². The third kappa shape index (κ3) is 4.42. The number of nitrogens with zero attached hydrogens (tertiary/aromatic N) is 1. The van der Waals surface area contributed by atoms with Crippen molar-refractivity contribution in [3.05, 3.63) is 33.1 Å². The van der Waals surface area contributed by atoms with Gasteiger partial charge >= 0.3 is 0 Å². The van der Waals surface area contributed by atoms with Gasteiger partial charge in [-0.25, -0.2) is 13.2 Å². The summed E-state index contributed by atoms with van der Waals surface area (Å²) in [6.45, 7) is -0.450. The van der Waals surface area contributed by atoms with Crippen LogP contribution in [0.4, 0.5) is 13.2 Å². The van der Waals surface area contributed by atoms with Gasteiger partial charge in [0.15, 0.2) is 0 Å². The topological polar surface area (TPSA) is 20.3 Å². The molecule has 0 spiro atoms. The minimum atomic E-state index is -2.59. The van der Waals surface area contributed by atoms with Crippen molar-refractivity contribution in [2.45, 2.75) is 6.43 Å². The number of alkyl halides is 3. The molecule has 0 aromatic heterocycles. The summed E-state index contributed by atoms with van der Waals surface area (Å²) in [5, 5.41) is 0.406. The number of rotatable bonds is 5. The van der Waals surface area contributed by atoms with E-state index in [9.17, 15) is 18.0 Å². The predicted molar refractivity (Wildman–Crippen MR) is 74.8 cm³/mol. The molecular weight excluding hydrogens is 426 g/mol. The largest absolute Gasteiger partial charge is 0.332 e. The minimum Gasteiger partial charge on any atom is -0.332 e. The number of hydrogen-bond acceptors (Lipinski definition) is 1. The minimum absolute atomic E-state index is 0.177. The Labute approximate surface area is 125 Å². The van der Waals surface area contributed by atoms with Crippen molar-refractivity contribution in [1.29, 1.82) is 0 Å². The van der Waals surface area contributed by atoms with Crippen LogP contribution in [0.15, 0.2) is 18.2 Å². The van der Waals surface area contributed by atoms with Gasteiger partial charge in [0.2, 0.25) is 0 Å². The molecule has 18 heavy (non-hydrogen) atoms. The Bertz CT molecular complexity index is 431. The maximum Gasteiger partial charge on any atom is 0.255 e. The molecule has 0 bridgehead atoms. The van der Waals surface area contributed by atoms with Crippen LogP contribution < -0.4 is 0 Å². The van der Waals surface area contributed by atoms with Gasteiger partial charge in [0, 0.05) is 15.4 Å². The van der Waals surface area contributed by atoms with Crippen molar-refractivity contribution in [3.8, 4) is 0 Å². The average molecular weight is 436 g/mol. The van der Waals surface area contributed by atoms with E-state index in [2.05, 4.69) is 15.9 Å². The van der Waals surface area contributed by atoms with Gasteiger partial charge in [-0.2, -0.15) is 0 Å². The second-order valence-electron chi connectivity index (χ2n) is 3.46. The smallest absolute Gasteiger partial charge is 0.255 e. The molecule has 1 rings (SSSR count). The molecule has 0 saturated carbocycles. The predicted octanol–water partition coefficient (Wildman–Crippen LogP) is 3.53. The molecule has 0 radical (unpaired) electrons. The van der Waals surface area contributed by atoms with Crippen LogP contribution in [0.5, 0.6) is 0 Å². The van der Waals surface area contributed by atoms with Gasteiger partial charge in [0.1, 0.15) is 5.82 Å². The van der Waals surface area contributed by atoms with Gasteiger partial charge in [0.05, 0.1) is 12.1 Å². The molecule has 0 N–H and O–H groups in total. The van der Waals surface area contributed by atoms with Crippen molar-refractivity contribution in [2.75, 3.05) is 18.4 Å². The van der Waals surface area contributed by atoms with Crippen molar-refractivity contribution >= 4 is 44.4 Å². The zero-order valence-corrected chi connectivity index (χ0v) is 12.9. The zero-order valence-electron chi connectivity index (χ0n) is 9.18. The maximum atomic E-state index is 12.9. The van der Waals surface area contributed by atoms with E-state index in [0.717, 1.165) is 11.0 Å². The summed E-state index contributed by atoms with van der Waals surface area (Å²) >= 11 is 4.92. The van der Waals surface area contributed by atoms with E-state index in [1.807, 2.05) is 22.6 Å². The van der Waals surface area contributed by atoms with Gasteiger partial charge in [-0.1, -0.05) is 15.9 Å². The molecule has 0 unspecified atom stereocenters. The summed E-state index contributed by atoms with van der Waals surface area (Å²) in [5.74, 6) is -0.976. The molecule has 0 atom stereocenters. The number of carbonyl (C=O) groups excluding carboxylic acids is 1. The van der Waals surface area contributed by atoms with E-state index in [4.69, 9.17) is 0 Å². The lowest BCUT2D eigenvalue weighted by atomic mass is 10.2. The average Bonchev–Trinajstić information content (AvgIpc) is 2.27. The van der Waals surface area contributed by atoms with E-state index < -0.39 is 24.7 Å². The highest BCUT2D eigenvalue weighted by molar-refractivity contribution is 14.1. The molecule has 0 heterocycles. The fourth-order valence-corrected chi connectivity index (χ4v) is 2.51. The van der Waals surface area contributed by atoms with Crippen LogP contribution in [-0.4, -0.2) is 35.7 Å². The van der Waals surface area contributed by atoms with Crippen LogP contribution in [0.25, 0.3) is 0 Å². The first-order valence-corrected chi connectivity index (χ1v) is 7.24. The summed E-state index contributed by atoms with van der Waals surface area (Å²) in [5.41, 5.74) is 0.235. The van der Waals surface area contributed by atoms with Crippen molar-refractivity contribution in [2.24, 2.45) is 0 Å². The van der Waals surface area contributed by atoms with Crippen molar-refractivity contribution in [3.63, 3.8) is 0 Å². The lowest BCUT2D eigenvalue weighted by Gasteiger charge is -2.21. The van der Waals surface area contributed by atoms with E-state index in [-0.39, 0.29) is 12.1 Å². The summed E-state index contributed by atoms with van der Waals surface area (Å²) in [4.78, 5) is 13.1. The number of amides is 1.